The Morgan fingerprint density at radius 3 is 1.03 bits per heavy atom. The highest BCUT2D eigenvalue weighted by Gasteiger charge is 2.49. The van der Waals surface area contributed by atoms with Crippen LogP contribution in [-0.2, 0) is 16.2 Å². The average molecular weight is 1310 g/mol. The molecule has 490 valence electrons. The molecular weight excluding hydrogens is 1230 g/mol. The molecule has 4 nitrogen and oxygen atoms in total. The van der Waals surface area contributed by atoms with E-state index in [1.807, 2.05) is 0 Å². The molecule has 14 aromatic carbocycles. The molecule has 0 aromatic heterocycles. The zero-order valence-electron chi connectivity index (χ0n) is 59.4. The van der Waals surface area contributed by atoms with Gasteiger partial charge in [0.1, 0.15) is 11.5 Å². The molecule has 0 atom stereocenters. The van der Waals surface area contributed by atoms with Gasteiger partial charge >= 0.3 is 0 Å². The quantitative estimate of drug-likeness (QED) is 0.134. The van der Waals surface area contributed by atoms with Gasteiger partial charge in [0.15, 0.2) is 0 Å². The fraction of sp³-hybridized carbons (Fsp3) is 0.125. The van der Waals surface area contributed by atoms with E-state index >= 15 is 0 Å². The van der Waals surface area contributed by atoms with Gasteiger partial charge in [0.25, 0.3) is 13.4 Å². The van der Waals surface area contributed by atoms with Crippen LogP contribution >= 0.6 is 0 Å². The summed E-state index contributed by atoms with van der Waals surface area (Å²) in [4.78, 5) is 7.98. The second-order valence-corrected chi connectivity index (χ2v) is 31.2. The van der Waals surface area contributed by atoms with Crippen LogP contribution in [0, 0.1) is 0 Å². The molecule has 102 heavy (non-hydrogen) atoms. The van der Waals surface area contributed by atoms with Gasteiger partial charge in [0, 0.05) is 62.1 Å². The Bertz CT molecular complexity index is 5490. The fourth-order valence-electron chi connectivity index (χ4n) is 16.6. The van der Waals surface area contributed by atoms with Crippen molar-refractivity contribution in [2.45, 2.75) is 78.6 Å². The molecule has 0 amide bonds. The molecule has 0 fully saturated rings. The van der Waals surface area contributed by atoms with Crippen molar-refractivity contribution in [3.8, 4) is 78.3 Å². The minimum absolute atomic E-state index is 0.0881. The lowest BCUT2D eigenvalue weighted by Gasteiger charge is -2.47. The van der Waals surface area contributed by atoms with Crippen molar-refractivity contribution >= 4 is 97.4 Å². The number of nitrogens with zero attached hydrogens (tertiary/aromatic N) is 3. The van der Waals surface area contributed by atoms with Crippen LogP contribution in [0.2, 0.25) is 0 Å². The Hall–Kier alpha value is -11.6. The summed E-state index contributed by atoms with van der Waals surface area (Å²) in [6.07, 6.45) is 0. The molecule has 0 saturated carbocycles. The van der Waals surface area contributed by atoms with Crippen LogP contribution in [0.3, 0.4) is 0 Å². The maximum Gasteiger partial charge on any atom is 0.256 e. The Morgan fingerprint density at radius 1 is 0.235 bits per heavy atom. The van der Waals surface area contributed by atoms with E-state index < -0.39 is 0 Å². The third-order valence-corrected chi connectivity index (χ3v) is 21.8. The van der Waals surface area contributed by atoms with Gasteiger partial charge in [-0.1, -0.05) is 323 Å². The van der Waals surface area contributed by atoms with E-state index in [2.05, 4.69) is 392 Å². The zero-order chi connectivity index (χ0) is 69.3. The molecule has 0 aliphatic carbocycles. The summed E-state index contributed by atoms with van der Waals surface area (Å²) in [7, 11) is 0. The smallest absolute Gasteiger partial charge is 0.256 e. The standard InChI is InChI=1S/C96H79B2N3O/c1-94(2,3)70-46-50-73(51-47-70)99-83-61-84-81(98-79-53-49-72(96(7,8)9)59-88(79)102-89-57-69(63-32-18-11-19-33-63)56-87(91(89)98)101(84)93-76(66-38-24-14-25-39-66)44-29-45-77(93)67-40-26-15-27-41-67)60-80(83)97-78-52-48-71(95(4,5)6)58-82(78)100(86-55-68(54-85(99)90(86)97)62-30-16-10-17-31-62)92-74(64-34-20-12-21-35-64)42-28-43-75(92)65-36-22-13-23-37-65/h10-61H,1-9H3. The van der Waals surface area contributed by atoms with Gasteiger partial charge in [0.05, 0.1) is 11.4 Å². The van der Waals surface area contributed by atoms with Crippen LogP contribution in [0.25, 0.3) is 66.8 Å². The van der Waals surface area contributed by atoms with Crippen molar-refractivity contribution in [1.29, 1.82) is 0 Å². The predicted octanol–water partition coefficient (Wildman–Crippen LogP) is 22.1. The molecule has 14 aromatic rings. The van der Waals surface area contributed by atoms with Gasteiger partial charge in [-0.25, -0.2) is 0 Å². The monoisotopic (exact) mass is 1310 g/mol. The van der Waals surface area contributed by atoms with Crippen molar-refractivity contribution in [1.82, 2.24) is 0 Å². The van der Waals surface area contributed by atoms with Crippen LogP contribution in [-0.4, -0.2) is 13.4 Å². The van der Waals surface area contributed by atoms with Gasteiger partial charge in [-0.2, -0.15) is 0 Å². The minimum Gasteiger partial charge on any atom is -0.458 e. The van der Waals surface area contributed by atoms with Crippen molar-refractivity contribution in [3.05, 3.63) is 332 Å². The molecule has 4 aliphatic heterocycles. The minimum atomic E-state index is -0.247. The maximum atomic E-state index is 7.62. The molecule has 18 rings (SSSR count). The van der Waals surface area contributed by atoms with Crippen molar-refractivity contribution < 1.29 is 4.74 Å². The van der Waals surface area contributed by atoms with Crippen molar-refractivity contribution in [2.24, 2.45) is 0 Å². The van der Waals surface area contributed by atoms with Crippen molar-refractivity contribution in [3.63, 3.8) is 0 Å². The number of anilines is 9. The van der Waals surface area contributed by atoms with Crippen LogP contribution in [0.1, 0.15) is 79.0 Å². The number of hydrogen-bond acceptors (Lipinski definition) is 4. The van der Waals surface area contributed by atoms with Gasteiger partial charge in [-0.3, -0.25) is 0 Å². The van der Waals surface area contributed by atoms with E-state index in [-0.39, 0.29) is 29.7 Å². The molecule has 4 heterocycles. The molecule has 0 saturated heterocycles. The molecule has 0 bridgehead atoms. The Kier molecular flexibility index (Phi) is 14.8. The van der Waals surface area contributed by atoms with Crippen LogP contribution in [0.4, 0.5) is 51.2 Å². The third-order valence-electron chi connectivity index (χ3n) is 21.8. The molecule has 0 N–H and O–H groups in total. The van der Waals surface area contributed by atoms with Crippen LogP contribution in [0.15, 0.2) is 315 Å². The number of rotatable bonds is 9. The van der Waals surface area contributed by atoms with E-state index in [1.54, 1.807) is 0 Å². The summed E-state index contributed by atoms with van der Waals surface area (Å²) in [6.45, 7) is 20.5. The predicted molar refractivity (Wildman–Crippen MR) is 435 cm³/mol. The van der Waals surface area contributed by atoms with Gasteiger partial charge in [-0.15, -0.1) is 0 Å². The average Bonchev–Trinajstić information content (AvgIpc) is 0.683. The Labute approximate surface area is 602 Å². The van der Waals surface area contributed by atoms with Gasteiger partial charge in [0.2, 0.25) is 0 Å². The molecule has 4 aliphatic rings. The lowest BCUT2D eigenvalue weighted by molar-refractivity contribution is 0.483. The van der Waals surface area contributed by atoms with Crippen LogP contribution in [0.5, 0.6) is 11.5 Å². The summed E-state index contributed by atoms with van der Waals surface area (Å²) >= 11 is 0. The molecule has 0 unspecified atom stereocenters. The summed E-state index contributed by atoms with van der Waals surface area (Å²) in [5.41, 5.74) is 34.3. The van der Waals surface area contributed by atoms with Crippen molar-refractivity contribution in [2.75, 3.05) is 14.7 Å². The van der Waals surface area contributed by atoms with E-state index in [0.29, 0.717) is 0 Å². The first-order valence-electron chi connectivity index (χ1n) is 36.1. The highest BCUT2D eigenvalue weighted by Crippen LogP contribution is 2.55. The van der Waals surface area contributed by atoms with Gasteiger partial charge < -0.3 is 19.4 Å². The van der Waals surface area contributed by atoms with E-state index in [4.69, 9.17) is 4.74 Å². The molecule has 6 heteroatoms. The lowest BCUT2D eigenvalue weighted by Crippen LogP contribution is -2.64. The highest BCUT2D eigenvalue weighted by atomic mass is 16.5. The number of ether oxygens (including phenoxy) is 1. The number of fused-ring (bicyclic) bond motifs is 8. The van der Waals surface area contributed by atoms with E-state index in [1.165, 1.54) is 44.2 Å². The molecular formula is C96H79B2N3O. The summed E-state index contributed by atoms with van der Waals surface area (Å²) in [5.74, 6) is 1.76. The second kappa shape index (κ2) is 24.1. The summed E-state index contributed by atoms with van der Waals surface area (Å²) in [5, 5.41) is 0. The normalized spacial score (nSPS) is 13.3. The second-order valence-electron chi connectivity index (χ2n) is 31.2. The number of hydrogen-bond donors (Lipinski definition) is 0. The molecule has 0 spiro atoms. The zero-order valence-corrected chi connectivity index (χ0v) is 59.4. The first kappa shape index (κ1) is 62.6. The summed E-state index contributed by atoms with van der Waals surface area (Å²) < 4.78 is 7.62. The number of para-hydroxylation sites is 2. The summed E-state index contributed by atoms with van der Waals surface area (Å²) in [6, 6.07) is 119. The lowest BCUT2D eigenvalue weighted by atomic mass is 9.30. The highest BCUT2D eigenvalue weighted by molar-refractivity contribution is 7.02. The first-order chi connectivity index (χ1) is 49.5. The maximum absolute atomic E-state index is 7.62. The van der Waals surface area contributed by atoms with Gasteiger partial charge in [-0.05, 0) is 165 Å². The van der Waals surface area contributed by atoms with Crippen LogP contribution < -0.4 is 52.2 Å². The van der Waals surface area contributed by atoms with E-state index in [0.717, 1.165) is 135 Å². The largest absolute Gasteiger partial charge is 0.458 e. The molecule has 0 radical (unpaired) electrons. The van der Waals surface area contributed by atoms with E-state index in [9.17, 15) is 0 Å². The Balaban J connectivity index is 1.02. The number of benzene rings is 14. The SMILES string of the molecule is CC(C)(C)c1ccc(N2c3cc4c(cc3B3c5ccc(C(C)(C)C)cc5N(c5c(-c6ccccc6)cccc5-c5ccccc5)c5cc(-c6ccccc6)cc2c53)B2c3ccc(C(C)(C)C)cc3Oc3cc(-c5ccccc5)cc(c32)N4c2c(-c3ccccc3)cccc2-c2ccccc2)cc1. The fourth-order valence-corrected chi connectivity index (χ4v) is 16.6. The topological polar surface area (TPSA) is 19.0 Å². The Morgan fingerprint density at radius 2 is 0.588 bits per heavy atom. The third kappa shape index (κ3) is 10.4. The first-order valence-corrected chi connectivity index (χ1v) is 36.1.